The first-order valence-corrected chi connectivity index (χ1v) is 17.1. The van der Waals surface area contributed by atoms with Crippen LogP contribution in [-0.4, -0.2) is 66.5 Å². The van der Waals surface area contributed by atoms with E-state index in [0.717, 1.165) is 30.7 Å². The molecule has 3 fully saturated rings. The molecule has 0 radical (unpaired) electrons. The number of imidazole rings is 1. The molecular formula is C35H39F4N7O3. The standard InChI is InChI=1S/C35H39F4N7O3/c1-18-25-9-7-20-14-27(45(30(20)42-25)11-5-3-4-10-34(36)16-23(34)32(47)41-18)31-43-26-13-21(15-28(29(26)44(31)2)49-35(37,38)39)33(48)46-17-24(40)19-6-8-22(46)12-19/h7,9,13-15,18-19,22-24H,3-6,8,10-12,16-17,40H2,1-2H3,(H,41,47)/t18-,19-,22+,23+,24+,34+/m1/s1. The second-order valence-corrected chi connectivity index (χ2v) is 14.4. The number of amides is 2. The fourth-order valence-corrected chi connectivity index (χ4v) is 8.40. The number of carbonyl (C=O) groups excluding carboxylic acids is 2. The lowest BCUT2D eigenvalue weighted by molar-refractivity contribution is -0.274. The van der Waals surface area contributed by atoms with Crippen molar-refractivity contribution in [2.24, 2.45) is 24.6 Å². The SMILES string of the molecule is C[C@H]1NC(=O)[C@@H]2C[C@@]2(F)CCCCCn2c(-c3nc4cc(C(=O)N5C[C@H](N)[C@@H]6CC[C@H]5C6)cc(OC(F)(F)F)c4n3C)cc3ccc1nc32. The number of carbonyl (C=O) groups is 2. The fourth-order valence-electron chi connectivity index (χ4n) is 8.40. The van der Waals surface area contributed by atoms with E-state index in [-0.39, 0.29) is 41.0 Å². The first-order valence-electron chi connectivity index (χ1n) is 17.1. The van der Waals surface area contributed by atoms with Gasteiger partial charge in [0.25, 0.3) is 5.91 Å². The summed E-state index contributed by atoms with van der Waals surface area (Å²) >= 11 is 0. The Bertz CT molecular complexity index is 1990. The van der Waals surface area contributed by atoms with Gasteiger partial charge in [0.15, 0.2) is 11.6 Å². The van der Waals surface area contributed by atoms with Crippen molar-refractivity contribution in [1.82, 2.24) is 29.3 Å². The molecule has 2 saturated carbocycles. The summed E-state index contributed by atoms with van der Waals surface area (Å²) < 4.78 is 64.7. The highest BCUT2D eigenvalue weighted by molar-refractivity contribution is 6.00. The quantitative estimate of drug-likeness (QED) is 0.259. The summed E-state index contributed by atoms with van der Waals surface area (Å²) in [5.41, 5.74) is 7.08. The molecule has 6 atom stereocenters. The number of fused-ring (bicyclic) bond motifs is 5. The van der Waals surface area contributed by atoms with Crippen LogP contribution in [0, 0.1) is 11.8 Å². The van der Waals surface area contributed by atoms with Crippen LogP contribution in [0.15, 0.2) is 30.3 Å². The largest absolute Gasteiger partial charge is 0.573 e. The Balaban J connectivity index is 1.22. The zero-order valence-electron chi connectivity index (χ0n) is 27.4. The second-order valence-electron chi connectivity index (χ2n) is 14.4. The van der Waals surface area contributed by atoms with Gasteiger partial charge in [-0.15, -0.1) is 13.2 Å². The Labute approximate surface area is 280 Å². The molecular weight excluding hydrogens is 642 g/mol. The lowest BCUT2D eigenvalue weighted by Crippen LogP contribution is -2.51. The van der Waals surface area contributed by atoms with E-state index in [4.69, 9.17) is 15.7 Å². The number of likely N-dealkylation sites (tertiary alicyclic amines) is 1. The molecule has 0 unspecified atom stereocenters. The third kappa shape index (κ3) is 5.61. The number of alkyl halides is 4. The monoisotopic (exact) mass is 681 g/mol. The van der Waals surface area contributed by atoms with Crippen molar-refractivity contribution in [2.75, 3.05) is 6.54 Å². The molecule has 4 bridgehead atoms. The molecule has 4 aromatic rings. The number of halogens is 4. The van der Waals surface area contributed by atoms with Crippen LogP contribution in [0.3, 0.4) is 0 Å². The molecule has 1 aromatic carbocycles. The van der Waals surface area contributed by atoms with E-state index < -0.39 is 35.6 Å². The zero-order chi connectivity index (χ0) is 34.4. The van der Waals surface area contributed by atoms with E-state index in [9.17, 15) is 22.8 Å². The molecule has 49 heavy (non-hydrogen) atoms. The van der Waals surface area contributed by atoms with Crippen LogP contribution in [0.4, 0.5) is 17.6 Å². The number of nitrogens with zero attached hydrogens (tertiary/aromatic N) is 5. The lowest BCUT2D eigenvalue weighted by Gasteiger charge is -2.37. The molecule has 2 aliphatic heterocycles. The number of rotatable bonds is 3. The number of piperidine rings is 1. The predicted molar refractivity (Wildman–Crippen MR) is 173 cm³/mol. The number of ether oxygens (including phenoxy) is 1. The molecule has 3 aromatic heterocycles. The summed E-state index contributed by atoms with van der Waals surface area (Å²) in [5, 5.41) is 3.71. The van der Waals surface area contributed by atoms with Gasteiger partial charge in [-0.2, -0.15) is 0 Å². The Morgan fingerprint density at radius 3 is 2.73 bits per heavy atom. The van der Waals surface area contributed by atoms with Crippen LogP contribution in [-0.2, 0) is 18.4 Å². The van der Waals surface area contributed by atoms with Gasteiger partial charge in [0.1, 0.15) is 16.8 Å². The number of benzene rings is 1. The maximum atomic E-state index is 15.2. The molecule has 260 valence electrons. The van der Waals surface area contributed by atoms with Gasteiger partial charge in [0, 0.05) is 43.2 Å². The third-order valence-electron chi connectivity index (χ3n) is 11.2. The van der Waals surface area contributed by atoms with Gasteiger partial charge in [-0.25, -0.2) is 14.4 Å². The van der Waals surface area contributed by atoms with E-state index in [1.165, 1.54) is 6.07 Å². The molecule has 14 heteroatoms. The number of hydrogen-bond acceptors (Lipinski definition) is 6. The average molecular weight is 682 g/mol. The average Bonchev–Trinajstić information content (AvgIpc) is 3.32. The normalized spacial score (nSPS) is 28.8. The Kier molecular flexibility index (Phi) is 7.47. The second kappa shape index (κ2) is 11.4. The number of aryl methyl sites for hydroxylation is 2. The van der Waals surface area contributed by atoms with Gasteiger partial charge in [0.2, 0.25) is 5.91 Å². The van der Waals surface area contributed by atoms with E-state index in [1.807, 2.05) is 29.7 Å². The molecule has 8 rings (SSSR count). The summed E-state index contributed by atoms with van der Waals surface area (Å²) in [6, 6.07) is 7.63. The van der Waals surface area contributed by atoms with Crippen molar-refractivity contribution < 1.29 is 31.9 Å². The van der Waals surface area contributed by atoms with Crippen molar-refractivity contribution in [3.05, 3.63) is 41.6 Å². The van der Waals surface area contributed by atoms with Crippen LogP contribution < -0.4 is 15.8 Å². The molecule has 1 saturated heterocycles. The number of pyridine rings is 1. The van der Waals surface area contributed by atoms with Crippen molar-refractivity contribution in [3.8, 4) is 17.3 Å². The van der Waals surface area contributed by atoms with E-state index in [0.29, 0.717) is 67.6 Å². The lowest BCUT2D eigenvalue weighted by atomic mass is 9.94. The molecule has 0 spiro atoms. The Morgan fingerprint density at radius 2 is 1.94 bits per heavy atom. The van der Waals surface area contributed by atoms with Crippen molar-refractivity contribution in [1.29, 1.82) is 0 Å². The van der Waals surface area contributed by atoms with Gasteiger partial charge in [-0.3, -0.25) is 9.59 Å². The Morgan fingerprint density at radius 1 is 1.12 bits per heavy atom. The maximum Gasteiger partial charge on any atom is 0.573 e. The predicted octanol–water partition coefficient (Wildman–Crippen LogP) is 5.92. The first kappa shape index (κ1) is 32.0. The molecule has 4 aliphatic rings. The fraction of sp³-hybridized carbons (Fsp3) is 0.543. The highest BCUT2D eigenvalue weighted by Gasteiger charge is 2.59. The summed E-state index contributed by atoms with van der Waals surface area (Å²) in [6.45, 7) is 2.66. The van der Waals surface area contributed by atoms with Crippen LogP contribution >= 0.6 is 0 Å². The summed E-state index contributed by atoms with van der Waals surface area (Å²) in [4.78, 5) is 38.1. The van der Waals surface area contributed by atoms with Crippen molar-refractivity contribution in [3.63, 3.8) is 0 Å². The van der Waals surface area contributed by atoms with Gasteiger partial charge < -0.3 is 29.8 Å². The Hall–Kier alpha value is -4.20. The summed E-state index contributed by atoms with van der Waals surface area (Å²) in [5.74, 6) is -1.13. The van der Waals surface area contributed by atoms with Crippen LogP contribution in [0.25, 0.3) is 33.6 Å². The minimum absolute atomic E-state index is 0.00133. The van der Waals surface area contributed by atoms with Crippen LogP contribution in [0.5, 0.6) is 5.75 Å². The van der Waals surface area contributed by atoms with E-state index in [2.05, 4.69) is 10.1 Å². The number of hydrogen-bond donors (Lipinski definition) is 2. The number of aromatic nitrogens is 4. The van der Waals surface area contributed by atoms with Gasteiger partial charge in [-0.1, -0.05) is 12.8 Å². The van der Waals surface area contributed by atoms with Gasteiger partial charge >= 0.3 is 6.36 Å². The first-order chi connectivity index (χ1) is 23.3. The molecule has 3 N–H and O–H groups in total. The minimum Gasteiger partial charge on any atom is -0.403 e. The van der Waals surface area contributed by atoms with Crippen LogP contribution in [0.1, 0.15) is 80.4 Å². The van der Waals surface area contributed by atoms with Crippen molar-refractivity contribution in [2.45, 2.75) is 95.0 Å². The maximum absolute atomic E-state index is 15.2. The zero-order valence-corrected chi connectivity index (χ0v) is 27.4. The molecule has 2 amide bonds. The topological polar surface area (TPSA) is 120 Å². The van der Waals surface area contributed by atoms with E-state index >= 15 is 4.39 Å². The summed E-state index contributed by atoms with van der Waals surface area (Å²) in [6.07, 6.45) is 0.0917. The molecule has 2 aliphatic carbocycles. The highest BCUT2D eigenvalue weighted by Crippen LogP contribution is 2.51. The minimum atomic E-state index is -5.01. The van der Waals surface area contributed by atoms with Gasteiger partial charge in [0.05, 0.1) is 28.9 Å². The molecule has 5 heterocycles. The number of nitrogens with one attached hydrogen (secondary N) is 1. The highest BCUT2D eigenvalue weighted by atomic mass is 19.4. The molecule has 10 nitrogen and oxygen atoms in total. The third-order valence-corrected chi connectivity index (χ3v) is 11.2. The number of nitrogens with two attached hydrogens (primary N) is 1. The van der Waals surface area contributed by atoms with Crippen molar-refractivity contribution >= 4 is 33.9 Å². The summed E-state index contributed by atoms with van der Waals surface area (Å²) in [7, 11) is 1.62. The van der Waals surface area contributed by atoms with E-state index in [1.54, 1.807) is 16.5 Å². The van der Waals surface area contributed by atoms with Crippen LogP contribution in [0.2, 0.25) is 0 Å². The smallest absolute Gasteiger partial charge is 0.403 e. The van der Waals surface area contributed by atoms with Gasteiger partial charge in [-0.05, 0) is 81.7 Å².